The number of nitrogens with two attached hydrogens (primary N) is 1. The van der Waals surface area contributed by atoms with Crippen LogP contribution in [0.5, 0.6) is 0 Å². The molecule has 8 N–H and O–H groups in total. The molecule has 14 heteroatoms. The molecule has 0 aliphatic carbocycles. The van der Waals surface area contributed by atoms with Gasteiger partial charge < -0.3 is 37.0 Å². The molecule has 0 rings (SSSR count). The van der Waals surface area contributed by atoms with Crippen LogP contribution in [0.3, 0.4) is 0 Å². The van der Waals surface area contributed by atoms with E-state index in [4.69, 9.17) is 15.9 Å². The Balaban J connectivity index is 5.38. The van der Waals surface area contributed by atoms with Gasteiger partial charge in [0.2, 0.25) is 17.7 Å². The van der Waals surface area contributed by atoms with E-state index in [9.17, 15) is 33.9 Å². The lowest BCUT2D eigenvalue weighted by Crippen LogP contribution is -2.58. The number of amides is 3. The zero-order chi connectivity index (χ0) is 25.7. The Labute approximate surface area is 195 Å². The van der Waals surface area contributed by atoms with Gasteiger partial charge in [-0.1, -0.05) is 13.8 Å². The smallest absolute Gasteiger partial charge is 0.326 e. The number of aliphatic carboxylic acids is 3. The van der Waals surface area contributed by atoms with Gasteiger partial charge in [0.1, 0.15) is 18.1 Å². The maximum absolute atomic E-state index is 12.7. The quantitative estimate of drug-likeness (QED) is 0.133. The van der Waals surface area contributed by atoms with E-state index < -0.39 is 72.1 Å². The molecule has 4 unspecified atom stereocenters. The molecule has 0 spiro atoms. The normalized spacial score (nSPS) is 14.5. The van der Waals surface area contributed by atoms with Gasteiger partial charge in [-0.15, -0.1) is 0 Å². The highest BCUT2D eigenvalue weighted by atomic mass is 32.2. The first-order valence-corrected chi connectivity index (χ1v) is 11.5. The van der Waals surface area contributed by atoms with Gasteiger partial charge in [0.05, 0.1) is 12.5 Å². The molecule has 13 nitrogen and oxygen atoms in total. The maximum Gasteiger partial charge on any atom is 0.326 e. The standard InChI is InChI=1S/C19H32N4O9S/c1-9(2)15(23-16(28)10(20)4-5-13(24)25)18(30)22-12(8-14(26)27)17(29)21-11(19(31)32)6-7-33-3/h9-12,15H,4-8,20H2,1-3H3,(H,21,29)(H,22,30)(H,23,28)(H,24,25)(H,26,27)(H,31,32). The maximum atomic E-state index is 12.7. The van der Waals surface area contributed by atoms with E-state index in [1.807, 2.05) is 0 Å². The highest BCUT2D eigenvalue weighted by Crippen LogP contribution is 2.07. The Morgan fingerprint density at radius 3 is 1.85 bits per heavy atom. The number of carbonyl (C=O) groups is 6. The molecule has 0 radical (unpaired) electrons. The van der Waals surface area contributed by atoms with Gasteiger partial charge in [-0.3, -0.25) is 24.0 Å². The number of carboxylic acid groups (broad SMARTS) is 3. The van der Waals surface area contributed by atoms with Crippen molar-refractivity contribution >= 4 is 47.4 Å². The van der Waals surface area contributed by atoms with Crippen molar-refractivity contribution in [1.29, 1.82) is 0 Å². The monoisotopic (exact) mass is 492 g/mol. The van der Waals surface area contributed by atoms with Crippen molar-refractivity contribution in [2.24, 2.45) is 11.7 Å². The number of hydrogen-bond donors (Lipinski definition) is 7. The Kier molecular flexibility index (Phi) is 13.7. The van der Waals surface area contributed by atoms with E-state index in [1.165, 1.54) is 11.8 Å². The van der Waals surface area contributed by atoms with Crippen LogP contribution >= 0.6 is 11.8 Å². The summed E-state index contributed by atoms with van der Waals surface area (Å²) in [4.78, 5) is 70.7. The van der Waals surface area contributed by atoms with Gasteiger partial charge in [0, 0.05) is 6.42 Å². The van der Waals surface area contributed by atoms with Crippen molar-refractivity contribution in [2.75, 3.05) is 12.0 Å². The third-order valence-electron chi connectivity index (χ3n) is 4.49. The predicted octanol–water partition coefficient (Wildman–Crippen LogP) is -1.40. The number of carboxylic acids is 3. The highest BCUT2D eigenvalue weighted by Gasteiger charge is 2.32. The summed E-state index contributed by atoms with van der Waals surface area (Å²) in [6.07, 6.45) is 0.514. The number of nitrogens with one attached hydrogen (secondary N) is 3. The fourth-order valence-corrected chi connectivity index (χ4v) is 3.09. The average Bonchev–Trinajstić information content (AvgIpc) is 2.71. The minimum Gasteiger partial charge on any atom is -0.481 e. The summed E-state index contributed by atoms with van der Waals surface area (Å²) in [5.41, 5.74) is 5.65. The molecule has 0 aromatic rings. The first-order chi connectivity index (χ1) is 15.3. The molecule has 0 bridgehead atoms. The predicted molar refractivity (Wildman–Crippen MR) is 118 cm³/mol. The Hall–Kier alpha value is -2.87. The molecule has 3 amide bonds. The van der Waals surface area contributed by atoms with E-state index in [0.717, 1.165) is 0 Å². The summed E-state index contributed by atoms with van der Waals surface area (Å²) in [6.45, 7) is 3.17. The van der Waals surface area contributed by atoms with Crippen LogP contribution in [-0.4, -0.2) is 87.1 Å². The summed E-state index contributed by atoms with van der Waals surface area (Å²) in [6, 6.07) is -5.26. The number of carbonyl (C=O) groups excluding carboxylic acids is 3. The summed E-state index contributed by atoms with van der Waals surface area (Å²) >= 11 is 1.36. The molecule has 0 heterocycles. The lowest BCUT2D eigenvalue weighted by atomic mass is 10.0. The average molecular weight is 493 g/mol. The fourth-order valence-electron chi connectivity index (χ4n) is 2.62. The van der Waals surface area contributed by atoms with Crippen LogP contribution < -0.4 is 21.7 Å². The summed E-state index contributed by atoms with van der Waals surface area (Å²) in [7, 11) is 0. The van der Waals surface area contributed by atoms with Gasteiger partial charge in [0.25, 0.3) is 0 Å². The van der Waals surface area contributed by atoms with Crippen LogP contribution in [-0.2, 0) is 28.8 Å². The van der Waals surface area contributed by atoms with Gasteiger partial charge in [-0.25, -0.2) is 4.79 Å². The van der Waals surface area contributed by atoms with Crippen molar-refractivity contribution in [3.63, 3.8) is 0 Å². The van der Waals surface area contributed by atoms with E-state index in [1.54, 1.807) is 20.1 Å². The number of thioether (sulfide) groups is 1. The minimum absolute atomic E-state index is 0.0921. The van der Waals surface area contributed by atoms with Crippen molar-refractivity contribution in [3.8, 4) is 0 Å². The second kappa shape index (κ2) is 15.1. The third kappa shape index (κ3) is 12.1. The van der Waals surface area contributed by atoms with Gasteiger partial charge in [0.15, 0.2) is 0 Å². The summed E-state index contributed by atoms with van der Waals surface area (Å²) in [5.74, 6) is -6.58. The van der Waals surface area contributed by atoms with Crippen LogP contribution in [0, 0.1) is 5.92 Å². The Bertz CT molecular complexity index is 732. The minimum atomic E-state index is -1.59. The zero-order valence-corrected chi connectivity index (χ0v) is 19.5. The van der Waals surface area contributed by atoms with Crippen LogP contribution in [0.2, 0.25) is 0 Å². The molecule has 0 aromatic carbocycles. The molecular formula is C19H32N4O9S. The molecule has 33 heavy (non-hydrogen) atoms. The molecular weight excluding hydrogens is 460 g/mol. The van der Waals surface area contributed by atoms with Crippen LogP contribution in [0.15, 0.2) is 0 Å². The highest BCUT2D eigenvalue weighted by molar-refractivity contribution is 7.98. The van der Waals surface area contributed by atoms with E-state index >= 15 is 0 Å². The van der Waals surface area contributed by atoms with Crippen molar-refractivity contribution in [2.45, 2.75) is 63.7 Å². The Morgan fingerprint density at radius 2 is 1.39 bits per heavy atom. The first-order valence-electron chi connectivity index (χ1n) is 10.1. The topological polar surface area (TPSA) is 225 Å². The van der Waals surface area contributed by atoms with Crippen molar-refractivity contribution in [1.82, 2.24) is 16.0 Å². The first kappa shape index (κ1) is 30.1. The molecule has 0 fully saturated rings. The number of hydrogen-bond acceptors (Lipinski definition) is 8. The second-order valence-corrected chi connectivity index (χ2v) is 8.59. The molecule has 0 saturated heterocycles. The van der Waals surface area contributed by atoms with E-state index in [-0.39, 0.29) is 19.3 Å². The van der Waals surface area contributed by atoms with Gasteiger partial charge in [-0.05, 0) is 30.8 Å². The van der Waals surface area contributed by atoms with Gasteiger partial charge >= 0.3 is 17.9 Å². The van der Waals surface area contributed by atoms with Crippen molar-refractivity contribution in [3.05, 3.63) is 0 Å². The Morgan fingerprint density at radius 1 is 0.818 bits per heavy atom. The lowest BCUT2D eigenvalue weighted by molar-refractivity contribution is -0.144. The molecule has 0 aliphatic rings. The third-order valence-corrected chi connectivity index (χ3v) is 5.13. The SMILES string of the molecule is CSCCC(NC(=O)C(CC(=O)O)NC(=O)C(NC(=O)C(N)CCC(=O)O)C(C)C)C(=O)O. The van der Waals surface area contributed by atoms with Crippen LogP contribution in [0.4, 0.5) is 0 Å². The lowest BCUT2D eigenvalue weighted by Gasteiger charge is -2.26. The van der Waals surface area contributed by atoms with Crippen LogP contribution in [0.25, 0.3) is 0 Å². The molecule has 0 saturated carbocycles. The summed E-state index contributed by atoms with van der Waals surface area (Å²) < 4.78 is 0. The second-order valence-electron chi connectivity index (χ2n) is 7.61. The zero-order valence-electron chi connectivity index (χ0n) is 18.7. The van der Waals surface area contributed by atoms with E-state index in [0.29, 0.717) is 5.75 Å². The molecule has 188 valence electrons. The van der Waals surface area contributed by atoms with E-state index in [2.05, 4.69) is 16.0 Å². The molecule has 4 atom stereocenters. The van der Waals surface area contributed by atoms with Crippen molar-refractivity contribution < 1.29 is 44.1 Å². The molecule has 0 aliphatic heterocycles. The van der Waals surface area contributed by atoms with Gasteiger partial charge in [-0.2, -0.15) is 11.8 Å². The summed E-state index contributed by atoms with van der Waals surface area (Å²) in [5, 5.41) is 33.9. The molecule has 0 aromatic heterocycles. The largest absolute Gasteiger partial charge is 0.481 e. The fraction of sp³-hybridized carbons (Fsp3) is 0.684. The number of rotatable bonds is 16. The van der Waals surface area contributed by atoms with Crippen LogP contribution in [0.1, 0.15) is 39.5 Å².